The van der Waals surface area contributed by atoms with E-state index in [4.69, 9.17) is 16.3 Å². The fourth-order valence-electron chi connectivity index (χ4n) is 1.91. The highest BCUT2D eigenvalue weighted by Crippen LogP contribution is 2.31. The molecule has 1 aliphatic heterocycles. The normalized spacial score (nSPS) is 18.2. The van der Waals surface area contributed by atoms with Gasteiger partial charge < -0.3 is 14.8 Å². The quantitative estimate of drug-likeness (QED) is 0.850. The lowest BCUT2D eigenvalue weighted by atomic mass is 10.1. The van der Waals surface area contributed by atoms with Crippen LogP contribution in [0.25, 0.3) is 0 Å². The van der Waals surface area contributed by atoms with Crippen LogP contribution in [-0.4, -0.2) is 31.1 Å². The van der Waals surface area contributed by atoms with E-state index in [1.54, 1.807) is 25.1 Å². The van der Waals surface area contributed by atoms with Gasteiger partial charge >= 0.3 is 5.97 Å². The molecule has 5 nitrogen and oxygen atoms in total. The SMILES string of the molecule is COC(=O)C(C)NC(=O)C1Cc2cc(Cl)ccc2O1. The Balaban J connectivity index is 1.99. The number of nitrogens with one attached hydrogen (secondary N) is 1. The zero-order chi connectivity index (χ0) is 14.0. The molecule has 2 rings (SSSR count). The molecule has 0 aliphatic carbocycles. The number of fused-ring (bicyclic) bond motifs is 1. The molecule has 0 radical (unpaired) electrons. The van der Waals surface area contributed by atoms with Crippen LogP contribution in [0.5, 0.6) is 5.75 Å². The molecule has 6 heteroatoms. The van der Waals surface area contributed by atoms with Crippen LogP contribution >= 0.6 is 11.6 Å². The molecule has 0 saturated heterocycles. The van der Waals surface area contributed by atoms with Crippen LogP contribution in [-0.2, 0) is 20.7 Å². The number of hydrogen-bond acceptors (Lipinski definition) is 4. The van der Waals surface area contributed by atoms with Crippen molar-refractivity contribution in [1.29, 1.82) is 0 Å². The van der Waals surface area contributed by atoms with Crippen molar-refractivity contribution in [3.63, 3.8) is 0 Å². The highest BCUT2D eigenvalue weighted by Gasteiger charge is 2.31. The molecule has 1 aromatic carbocycles. The maximum Gasteiger partial charge on any atom is 0.328 e. The molecular formula is C13H14ClNO4. The lowest BCUT2D eigenvalue weighted by molar-refractivity contribution is -0.145. The molecule has 0 spiro atoms. The van der Waals surface area contributed by atoms with Crippen LogP contribution in [0.4, 0.5) is 0 Å². The van der Waals surface area contributed by atoms with Gasteiger partial charge in [-0.3, -0.25) is 4.79 Å². The van der Waals surface area contributed by atoms with Crippen molar-refractivity contribution in [3.8, 4) is 5.75 Å². The third-order valence-corrected chi connectivity index (χ3v) is 3.14. The summed E-state index contributed by atoms with van der Waals surface area (Å²) < 4.78 is 10.1. The summed E-state index contributed by atoms with van der Waals surface area (Å²) in [6, 6.07) is 4.51. The molecule has 1 amide bonds. The molecule has 1 N–H and O–H groups in total. The molecule has 1 heterocycles. The van der Waals surface area contributed by atoms with Crippen LogP contribution < -0.4 is 10.1 Å². The monoisotopic (exact) mass is 283 g/mol. The summed E-state index contributed by atoms with van der Waals surface area (Å²) in [5, 5.41) is 3.15. The fraction of sp³-hybridized carbons (Fsp3) is 0.385. The minimum Gasteiger partial charge on any atom is -0.480 e. The average Bonchev–Trinajstić information content (AvgIpc) is 2.80. The van der Waals surface area contributed by atoms with E-state index in [-0.39, 0.29) is 5.91 Å². The summed E-state index contributed by atoms with van der Waals surface area (Å²) in [5.41, 5.74) is 0.887. The maximum atomic E-state index is 12.0. The van der Waals surface area contributed by atoms with Gasteiger partial charge in [0, 0.05) is 11.4 Å². The summed E-state index contributed by atoms with van der Waals surface area (Å²) in [6.45, 7) is 1.56. The first-order chi connectivity index (χ1) is 9.01. The summed E-state index contributed by atoms with van der Waals surface area (Å²) in [7, 11) is 1.27. The highest BCUT2D eigenvalue weighted by molar-refractivity contribution is 6.30. The van der Waals surface area contributed by atoms with E-state index in [1.165, 1.54) is 7.11 Å². The Kier molecular flexibility index (Phi) is 3.95. The third kappa shape index (κ3) is 2.98. The summed E-state index contributed by atoms with van der Waals surface area (Å²) in [6.07, 6.45) is -0.198. The van der Waals surface area contributed by atoms with Gasteiger partial charge in [0.2, 0.25) is 0 Å². The largest absolute Gasteiger partial charge is 0.480 e. The Bertz CT molecular complexity index is 517. The van der Waals surface area contributed by atoms with E-state index in [1.807, 2.05) is 0 Å². The summed E-state index contributed by atoms with van der Waals surface area (Å²) >= 11 is 5.88. The van der Waals surface area contributed by atoms with Gasteiger partial charge in [-0.15, -0.1) is 0 Å². The van der Waals surface area contributed by atoms with E-state index in [0.717, 1.165) is 5.56 Å². The molecular weight excluding hydrogens is 270 g/mol. The number of halogens is 1. The molecule has 102 valence electrons. The van der Waals surface area contributed by atoms with Crippen LogP contribution in [0.2, 0.25) is 5.02 Å². The number of ether oxygens (including phenoxy) is 2. The van der Waals surface area contributed by atoms with E-state index < -0.39 is 18.1 Å². The van der Waals surface area contributed by atoms with Crippen molar-refractivity contribution in [2.45, 2.75) is 25.5 Å². The first-order valence-electron chi connectivity index (χ1n) is 5.84. The minimum atomic E-state index is -0.701. The molecule has 0 bridgehead atoms. The smallest absolute Gasteiger partial charge is 0.328 e. The second kappa shape index (κ2) is 5.48. The van der Waals surface area contributed by atoms with Crippen LogP contribution in [0.15, 0.2) is 18.2 Å². The van der Waals surface area contributed by atoms with Gasteiger partial charge in [0.1, 0.15) is 11.8 Å². The van der Waals surface area contributed by atoms with Crippen molar-refractivity contribution in [3.05, 3.63) is 28.8 Å². The fourth-order valence-corrected chi connectivity index (χ4v) is 2.10. The minimum absolute atomic E-state index is 0.342. The number of benzene rings is 1. The first-order valence-corrected chi connectivity index (χ1v) is 6.22. The third-order valence-electron chi connectivity index (χ3n) is 2.90. The molecule has 2 atom stereocenters. The van der Waals surface area contributed by atoms with Gasteiger partial charge in [0.25, 0.3) is 5.91 Å². The molecule has 2 unspecified atom stereocenters. The first kappa shape index (κ1) is 13.7. The van der Waals surface area contributed by atoms with Gasteiger partial charge in [-0.25, -0.2) is 4.79 Å². The van der Waals surface area contributed by atoms with E-state index >= 15 is 0 Å². The maximum absolute atomic E-state index is 12.0. The topological polar surface area (TPSA) is 64.6 Å². The number of esters is 1. The molecule has 1 aromatic rings. The number of hydrogen-bond donors (Lipinski definition) is 1. The van der Waals surface area contributed by atoms with Crippen molar-refractivity contribution in [1.82, 2.24) is 5.32 Å². The molecule has 19 heavy (non-hydrogen) atoms. The Morgan fingerprint density at radius 3 is 2.95 bits per heavy atom. The van der Waals surface area contributed by atoms with Gasteiger partial charge in [-0.05, 0) is 30.7 Å². The Hall–Kier alpha value is -1.75. The molecule has 1 aliphatic rings. The van der Waals surface area contributed by atoms with Gasteiger partial charge in [-0.2, -0.15) is 0 Å². The standard InChI is InChI=1S/C13H14ClNO4/c1-7(13(17)18-2)15-12(16)11-6-8-5-9(14)3-4-10(8)19-11/h3-5,7,11H,6H2,1-2H3,(H,15,16). The predicted molar refractivity (Wildman–Crippen MR) is 69.2 cm³/mol. The van der Waals surface area contributed by atoms with Crippen molar-refractivity contribution in [2.24, 2.45) is 0 Å². The second-order valence-electron chi connectivity index (χ2n) is 4.32. The van der Waals surface area contributed by atoms with Crippen molar-refractivity contribution in [2.75, 3.05) is 7.11 Å². The molecule has 0 fully saturated rings. The van der Waals surface area contributed by atoms with Gasteiger partial charge in [0.05, 0.1) is 7.11 Å². The number of methoxy groups -OCH3 is 1. The Morgan fingerprint density at radius 1 is 1.53 bits per heavy atom. The number of carbonyl (C=O) groups excluding carboxylic acids is 2. The molecule has 0 aromatic heterocycles. The van der Waals surface area contributed by atoms with Gasteiger partial charge in [0.15, 0.2) is 6.10 Å². The average molecular weight is 284 g/mol. The van der Waals surface area contributed by atoms with Crippen LogP contribution in [0.3, 0.4) is 0 Å². The van der Waals surface area contributed by atoms with Crippen molar-refractivity contribution < 1.29 is 19.1 Å². The lowest BCUT2D eigenvalue weighted by Crippen LogP contribution is -2.45. The number of rotatable bonds is 3. The van der Waals surface area contributed by atoms with Gasteiger partial charge in [-0.1, -0.05) is 11.6 Å². The lowest BCUT2D eigenvalue weighted by Gasteiger charge is -2.15. The number of amides is 1. The zero-order valence-corrected chi connectivity index (χ0v) is 11.4. The Labute approximate surface area is 115 Å². The van der Waals surface area contributed by atoms with E-state index in [9.17, 15) is 9.59 Å². The Morgan fingerprint density at radius 2 is 2.26 bits per heavy atom. The molecule has 0 saturated carbocycles. The highest BCUT2D eigenvalue weighted by atomic mass is 35.5. The van der Waals surface area contributed by atoms with E-state index in [2.05, 4.69) is 10.1 Å². The van der Waals surface area contributed by atoms with Crippen LogP contribution in [0.1, 0.15) is 12.5 Å². The summed E-state index contributed by atoms with van der Waals surface area (Å²) in [5.74, 6) is -0.188. The number of carbonyl (C=O) groups is 2. The van der Waals surface area contributed by atoms with Crippen LogP contribution in [0, 0.1) is 0 Å². The summed E-state index contributed by atoms with van der Waals surface area (Å²) in [4.78, 5) is 23.2. The zero-order valence-electron chi connectivity index (χ0n) is 10.6. The predicted octanol–water partition coefficient (Wildman–Crippen LogP) is 1.32. The van der Waals surface area contributed by atoms with E-state index in [0.29, 0.717) is 17.2 Å². The second-order valence-corrected chi connectivity index (χ2v) is 4.75. The van der Waals surface area contributed by atoms with Crippen molar-refractivity contribution >= 4 is 23.5 Å².